The molecule has 0 radical (unpaired) electrons. The number of carboxylic acids is 1. The molecule has 0 rings (SSSR count). The summed E-state index contributed by atoms with van der Waals surface area (Å²) in [5.41, 5.74) is 11.1. The van der Waals surface area contributed by atoms with Crippen molar-refractivity contribution in [2.45, 2.75) is 25.1 Å². The van der Waals surface area contributed by atoms with Gasteiger partial charge in [0, 0.05) is 11.3 Å². The van der Waals surface area contributed by atoms with E-state index in [0.29, 0.717) is 0 Å². The Hall–Kier alpha value is -1.30. The molecule has 0 bridgehead atoms. The first-order valence-corrected chi connectivity index (χ1v) is 3.19. The lowest BCUT2D eigenvalue weighted by atomic mass is 10.1. The molecular weight excluding hydrogens is 164 g/mol. The number of carbonyl (C=O) groups is 1. The fraction of sp³-hybridized carbons (Fsp3) is 0.800. The van der Waals surface area contributed by atoms with Gasteiger partial charge in [-0.2, -0.15) is 0 Å². The lowest BCUT2D eigenvalue weighted by molar-refractivity contribution is -0.144. The standard InChI is InChI=1S/C5H10N4O3/c1-3(10)2-5(6,4(11)12)8-9-7/h3,10H,2,6H2,1H3,(H,11,12)/t3?,5-/m1/s1. The van der Waals surface area contributed by atoms with Crippen molar-refractivity contribution in [1.29, 1.82) is 0 Å². The van der Waals surface area contributed by atoms with Crippen LogP contribution in [0.4, 0.5) is 0 Å². The third-order valence-corrected chi connectivity index (χ3v) is 1.20. The monoisotopic (exact) mass is 174 g/mol. The van der Waals surface area contributed by atoms with Gasteiger partial charge in [-0.3, -0.25) is 4.79 Å². The molecular formula is C5H10N4O3. The molecule has 0 aromatic rings. The van der Waals surface area contributed by atoms with Crippen LogP contribution in [0.1, 0.15) is 13.3 Å². The van der Waals surface area contributed by atoms with E-state index in [1.54, 1.807) is 0 Å². The minimum atomic E-state index is -2.05. The van der Waals surface area contributed by atoms with E-state index in [1.807, 2.05) is 0 Å². The summed E-state index contributed by atoms with van der Waals surface area (Å²) in [6, 6.07) is 0. The molecule has 7 nitrogen and oxygen atoms in total. The number of aliphatic hydroxyl groups excluding tert-OH is 1. The van der Waals surface area contributed by atoms with Crippen molar-refractivity contribution in [2.75, 3.05) is 0 Å². The van der Waals surface area contributed by atoms with Gasteiger partial charge in [-0.1, -0.05) is 5.11 Å². The summed E-state index contributed by atoms with van der Waals surface area (Å²) in [6.07, 6.45) is -1.25. The van der Waals surface area contributed by atoms with E-state index in [4.69, 9.17) is 21.5 Å². The summed E-state index contributed by atoms with van der Waals surface area (Å²) >= 11 is 0. The van der Waals surface area contributed by atoms with E-state index in [0.717, 1.165) is 0 Å². The molecule has 0 heterocycles. The molecule has 0 fully saturated rings. The quantitative estimate of drug-likeness (QED) is 0.309. The zero-order valence-corrected chi connectivity index (χ0v) is 6.51. The zero-order chi connectivity index (χ0) is 9.78. The highest BCUT2D eigenvalue weighted by atomic mass is 16.4. The summed E-state index contributed by atoms with van der Waals surface area (Å²) in [5, 5.41) is 20.2. The second-order valence-corrected chi connectivity index (χ2v) is 2.47. The number of nitrogens with two attached hydrogens (primary N) is 1. The van der Waals surface area contributed by atoms with Crippen LogP contribution in [0.3, 0.4) is 0 Å². The number of hydrogen-bond acceptors (Lipinski definition) is 4. The van der Waals surface area contributed by atoms with Gasteiger partial charge in [-0.15, -0.1) is 0 Å². The first kappa shape index (κ1) is 10.7. The average Bonchev–Trinajstić information content (AvgIpc) is 1.85. The predicted molar refractivity (Wildman–Crippen MR) is 40.0 cm³/mol. The number of azide groups is 1. The van der Waals surface area contributed by atoms with Crippen molar-refractivity contribution in [2.24, 2.45) is 10.8 Å². The van der Waals surface area contributed by atoms with Gasteiger partial charge in [0.15, 0.2) is 5.66 Å². The van der Waals surface area contributed by atoms with Gasteiger partial charge in [-0.25, -0.2) is 0 Å². The Morgan fingerprint density at radius 2 is 2.42 bits per heavy atom. The molecule has 0 saturated carbocycles. The highest BCUT2D eigenvalue weighted by Crippen LogP contribution is 2.12. The van der Waals surface area contributed by atoms with Crippen LogP contribution in [0.5, 0.6) is 0 Å². The molecule has 0 saturated heterocycles. The maximum atomic E-state index is 10.4. The first-order valence-electron chi connectivity index (χ1n) is 3.19. The number of rotatable bonds is 4. The van der Waals surface area contributed by atoms with Crippen LogP contribution in [0, 0.1) is 0 Å². The first-order chi connectivity index (χ1) is 5.42. The average molecular weight is 174 g/mol. The molecule has 0 amide bonds. The molecule has 0 aliphatic heterocycles. The molecule has 0 aromatic heterocycles. The Morgan fingerprint density at radius 1 is 1.92 bits per heavy atom. The van der Waals surface area contributed by atoms with E-state index in [1.165, 1.54) is 6.92 Å². The molecule has 0 spiro atoms. The molecule has 7 heteroatoms. The van der Waals surface area contributed by atoms with Gasteiger partial charge >= 0.3 is 5.97 Å². The van der Waals surface area contributed by atoms with Crippen molar-refractivity contribution in [1.82, 2.24) is 0 Å². The Kier molecular flexibility index (Phi) is 3.49. The lowest BCUT2D eigenvalue weighted by Gasteiger charge is -2.19. The predicted octanol–water partition coefficient (Wildman–Crippen LogP) is -0.193. The molecule has 1 unspecified atom stereocenters. The molecule has 12 heavy (non-hydrogen) atoms. The highest BCUT2D eigenvalue weighted by molar-refractivity contribution is 5.78. The molecule has 2 atom stereocenters. The van der Waals surface area contributed by atoms with Crippen molar-refractivity contribution in [3.63, 3.8) is 0 Å². The van der Waals surface area contributed by atoms with Crippen LogP contribution in [0.15, 0.2) is 5.11 Å². The molecule has 0 aliphatic rings. The van der Waals surface area contributed by atoms with Crippen LogP contribution in [0.25, 0.3) is 10.4 Å². The van der Waals surface area contributed by atoms with Gasteiger partial charge in [0.1, 0.15) is 0 Å². The van der Waals surface area contributed by atoms with Crippen LogP contribution in [0.2, 0.25) is 0 Å². The van der Waals surface area contributed by atoms with Gasteiger partial charge < -0.3 is 15.9 Å². The summed E-state index contributed by atoms with van der Waals surface area (Å²) in [6.45, 7) is 1.36. The number of aliphatic carboxylic acids is 1. The Labute approximate surface area is 68.4 Å². The van der Waals surface area contributed by atoms with Crippen LogP contribution >= 0.6 is 0 Å². The summed E-state index contributed by atoms with van der Waals surface area (Å²) in [5.74, 6) is -1.46. The number of hydrogen-bond donors (Lipinski definition) is 3. The third kappa shape index (κ3) is 2.75. The molecule has 68 valence electrons. The summed E-state index contributed by atoms with van der Waals surface area (Å²) < 4.78 is 0. The lowest BCUT2D eigenvalue weighted by Crippen LogP contribution is -2.47. The normalized spacial score (nSPS) is 17.2. The number of carboxylic acid groups (broad SMARTS) is 1. The van der Waals surface area contributed by atoms with Crippen LogP contribution in [-0.4, -0.2) is 27.9 Å². The maximum absolute atomic E-state index is 10.4. The van der Waals surface area contributed by atoms with Crippen LogP contribution < -0.4 is 5.73 Å². The van der Waals surface area contributed by atoms with Crippen molar-refractivity contribution in [3.8, 4) is 0 Å². The summed E-state index contributed by atoms with van der Waals surface area (Å²) in [4.78, 5) is 12.7. The van der Waals surface area contributed by atoms with Gasteiger partial charge in [0.2, 0.25) is 0 Å². The topological polar surface area (TPSA) is 132 Å². The van der Waals surface area contributed by atoms with Crippen molar-refractivity contribution in [3.05, 3.63) is 10.4 Å². The highest BCUT2D eigenvalue weighted by Gasteiger charge is 2.34. The van der Waals surface area contributed by atoms with Gasteiger partial charge in [-0.05, 0) is 12.5 Å². The zero-order valence-electron chi connectivity index (χ0n) is 6.51. The van der Waals surface area contributed by atoms with E-state index < -0.39 is 17.7 Å². The van der Waals surface area contributed by atoms with Gasteiger partial charge in [0.25, 0.3) is 0 Å². The largest absolute Gasteiger partial charge is 0.480 e. The Balaban J connectivity index is 4.62. The van der Waals surface area contributed by atoms with Crippen molar-refractivity contribution < 1.29 is 15.0 Å². The van der Waals surface area contributed by atoms with Crippen molar-refractivity contribution >= 4 is 5.97 Å². The molecule has 4 N–H and O–H groups in total. The van der Waals surface area contributed by atoms with Crippen LogP contribution in [-0.2, 0) is 4.79 Å². The molecule has 0 aliphatic carbocycles. The number of aliphatic hydroxyl groups is 1. The Morgan fingerprint density at radius 3 is 2.67 bits per heavy atom. The van der Waals surface area contributed by atoms with E-state index in [9.17, 15) is 4.79 Å². The van der Waals surface area contributed by atoms with Gasteiger partial charge in [0.05, 0.1) is 6.10 Å². The SMILES string of the molecule is CC(O)C[C@@](N)(N=[N+]=[N-])C(=O)O. The fourth-order valence-corrected chi connectivity index (χ4v) is 0.701. The minimum absolute atomic E-state index is 0.313. The van der Waals surface area contributed by atoms with E-state index in [-0.39, 0.29) is 6.42 Å². The van der Waals surface area contributed by atoms with E-state index in [2.05, 4.69) is 10.0 Å². The Bertz CT molecular complexity index is 219. The summed E-state index contributed by atoms with van der Waals surface area (Å²) in [7, 11) is 0. The second-order valence-electron chi connectivity index (χ2n) is 2.47. The fourth-order valence-electron chi connectivity index (χ4n) is 0.701. The number of nitrogens with zero attached hydrogens (tertiary/aromatic N) is 3. The second kappa shape index (κ2) is 3.91. The molecule has 0 aromatic carbocycles. The third-order valence-electron chi connectivity index (χ3n) is 1.20. The smallest absolute Gasteiger partial charge is 0.329 e. The minimum Gasteiger partial charge on any atom is -0.480 e. The maximum Gasteiger partial charge on any atom is 0.329 e. The van der Waals surface area contributed by atoms with E-state index >= 15 is 0 Å².